The summed E-state index contributed by atoms with van der Waals surface area (Å²) in [5.41, 5.74) is 1.92. The van der Waals surface area contributed by atoms with Gasteiger partial charge >= 0.3 is 0 Å². The summed E-state index contributed by atoms with van der Waals surface area (Å²) in [7, 11) is 0. The van der Waals surface area contributed by atoms with Crippen molar-refractivity contribution in [3.8, 4) is 17.2 Å². The number of nitrogens with zero attached hydrogens (tertiary/aromatic N) is 1. The van der Waals surface area contributed by atoms with Crippen molar-refractivity contribution < 1.29 is 8.78 Å². The predicted octanol–water partition coefficient (Wildman–Crippen LogP) is 4.35. The van der Waals surface area contributed by atoms with Gasteiger partial charge in [0.2, 0.25) is 0 Å². The molecule has 0 fully saturated rings. The molecule has 18 heavy (non-hydrogen) atoms. The first kappa shape index (κ1) is 12.5. The highest BCUT2D eigenvalue weighted by Gasteiger charge is 2.06. The molecule has 0 radical (unpaired) electrons. The zero-order valence-electron chi connectivity index (χ0n) is 9.25. The zero-order valence-corrected chi connectivity index (χ0v) is 10.0. The minimum atomic E-state index is -0.908. The summed E-state index contributed by atoms with van der Waals surface area (Å²) in [5, 5.41) is 9.11. The van der Waals surface area contributed by atoms with E-state index >= 15 is 0 Å². The fraction of sp³-hybridized carbons (Fsp3) is 0.0714. The Morgan fingerprint density at radius 2 is 1.78 bits per heavy atom. The number of hydrogen-bond donors (Lipinski definition) is 0. The van der Waals surface area contributed by atoms with Crippen LogP contribution in [0.25, 0.3) is 11.1 Å². The Labute approximate surface area is 108 Å². The highest BCUT2D eigenvalue weighted by Crippen LogP contribution is 2.26. The molecule has 0 saturated carbocycles. The highest BCUT2D eigenvalue weighted by atomic mass is 35.5. The molecule has 0 N–H and O–H groups in total. The van der Waals surface area contributed by atoms with E-state index in [1.165, 1.54) is 6.07 Å². The van der Waals surface area contributed by atoms with Crippen LogP contribution in [0.5, 0.6) is 0 Å². The summed E-state index contributed by atoms with van der Waals surface area (Å²) < 4.78 is 26.0. The van der Waals surface area contributed by atoms with Crippen LogP contribution in [0.4, 0.5) is 8.78 Å². The number of hydrogen-bond acceptors (Lipinski definition) is 1. The Kier molecular flexibility index (Phi) is 3.59. The maximum Gasteiger partial charge on any atom is 0.159 e. The van der Waals surface area contributed by atoms with Crippen LogP contribution >= 0.6 is 11.6 Å². The zero-order chi connectivity index (χ0) is 13.1. The molecule has 0 unspecified atom stereocenters. The van der Waals surface area contributed by atoms with Gasteiger partial charge in [-0.05, 0) is 41.0 Å². The van der Waals surface area contributed by atoms with E-state index in [1.54, 1.807) is 18.2 Å². The standard InChI is InChI=1S/C14H8ClF2N/c15-12-6-9(3-4-18)5-11(7-12)10-1-2-13(16)14(17)8-10/h1-2,5-8H,3H2. The molecule has 2 aromatic rings. The molecule has 2 rings (SSSR count). The molecule has 1 nitrogen and oxygen atoms in total. The lowest BCUT2D eigenvalue weighted by atomic mass is 10.0. The Morgan fingerprint density at radius 1 is 1.00 bits per heavy atom. The minimum Gasteiger partial charge on any atom is -0.204 e. The van der Waals surface area contributed by atoms with Crippen molar-refractivity contribution >= 4 is 11.6 Å². The summed E-state index contributed by atoms with van der Waals surface area (Å²) in [6.07, 6.45) is 0.219. The van der Waals surface area contributed by atoms with Gasteiger partial charge in [0.05, 0.1) is 12.5 Å². The summed E-state index contributed by atoms with van der Waals surface area (Å²) in [5.74, 6) is -1.80. The van der Waals surface area contributed by atoms with E-state index in [-0.39, 0.29) is 6.42 Å². The average molecular weight is 264 g/mol. The van der Waals surface area contributed by atoms with Gasteiger partial charge in [-0.3, -0.25) is 0 Å². The minimum absolute atomic E-state index is 0.219. The van der Waals surface area contributed by atoms with E-state index in [2.05, 4.69) is 0 Å². The van der Waals surface area contributed by atoms with E-state index in [4.69, 9.17) is 16.9 Å². The second-order valence-corrected chi connectivity index (χ2v) is 4.25. The Hall–Kier alpha value is -1.92. The third kappa shape index (κ3) is 2.66. The van der Waals surface area contributed by atoms with Gasteiger partial charge in [-0.25, -0.2) is 8.78 Å². The SMILES string of the molecule is N#CCc1cc(Cl)cc(-c2ccc(F)c(F)c2)c1. The summed E-state index contributed by atoms with van der Waals surface area (Å²) in [6.45, 7) is 0. The molecule has 0 aromatic heterocycles. The average Bonchev–Trinajstić information content (AvgIpc) is 2.32. The molecule has 0 aliphatic carbocycles. The highest BCUT2D eigenvalue weighted by molar-refractivity contribution is 6.31. The van der Waals surface area contributed by atoms with Crippen molar-refractivity contribution in [3.63, 3.8) is 0 Å². The van der Waals surface area contributed by atoms with Crippen LogP contribution in [-0.2, 0) is 6.42 Å². The molecule has 0 atom stereocenters. The summed E-state index contributed by atoms with van der Waals surface area (Å²) in [6, 6.07) is 10.7. The smallest absolute Gasteiger partial charge is 0.159 e. The van der Waals surface area contributed by atoms with E-state index < -0.39 is 11.6 Å². The fourth-order valence-electron chi connectivity index (χ4n) is 1.69. The van der Waals surface area contributed by atoms with Crippen molar-refractivity contribution in [1.82, 2.24) is 0 Å². The Balaban J connectivity index is 2.50. The van der Waals surface area contributed by atoms with Crippen molar-refractivity contribution in [3.05, 3.63) is 58.6 Å². The number of halogens is 3. The number of rotatable bonds is 2. The van der Waals surface area contributed by atoms with E-state index in [1.807, 2.05) is 6.07 Å². The quantitative estimate of drug-likeness (QED) is 0.790. The molecule has 0 bridgehead atoms. The van der Waals surface area contributed by atoms with Gasteiger partial charge in [-0.1, -0.05) is 23.7 Å². The predicted molar refractivity (Wildman–Crippen MR) is 66.1 cm³/mol. The first-order valence-electron chi connectivity index (χ1n) is 5.22. The monoisotopic (exact) mass is 263 g/mol. The van der Waals surface area contributed by atoms with Gasteiger partial charge in [-0.15, -0.1) is 0 Å². The molecule has 2 aromatic carbocycles. The molecule has 0 spiro atoms. The van der Waals surface area contributed by atoms with Gasteiger partial charge in [0.15, 0.2) is 11.6 Å². The molecule has 90 valence electrons. The molecule has 0 aliphatic heterocycles. The third-order valence-corrected chi connectivity index (χ3v) is 2.71. The van der Waals surface area contributed by atoms with Gasteiger partial charge in [0.1, 0.15) is 0 Å². The summed E-state index contributed by atoms with van der Waals surface area (Å²) >= 11 is 5.93. The largest absolute Gasteiger partial charge is 0.204 e. The van der Waals surface area contributed by atoms with Crippen molar-refractivity contribution in [2.45, 2.75) is 6.42 Å². The first-order chi connectivity index (χ1) is 8.60. The number of benzene rings is 2. The van der Waals surface area contributed by atoms with Crippen molar-refractivity contribution in [2.24, 2.45) is 0 Å². The molecule has 0 amide bonds. The van der Waals surface area contributed by atoms with Crippen molar-refractivity contribution in [1.29, 1.82) is 5.26 Å². The van der Waals surface area contributed by atoms with Crippen LogP contribution in [-0.4, -0.2) is 0 Å². The van der Waals surface area contributed by atoms with Crippen LogP contribution in [0.15, 0.2) is 36.4 Å². The topological polar surface area (TPSA) is 23.8 Å². The van der Waals surface area contributed by atoms with Gasteiger partial charge in [0, 0.05) is 5.02 Å². The van der Waals surface area contributed by atoms with E-state index in [9.17, 15) is 8.78 Å². The van der Waals surface area contributed by atoms with Gasteiger partial charge < -0.3 is 0 Å². The number of nitriles is 1. The maximum atomic E-state index is 13.2. The first-order valence-corrected chi connectivity index (χ1v) is 5.60. The molecular formula is C14H8ClF2N. The van der Waals surface area contributed by atoms with Gasteiger partial charge in [-0.2, -0.15) is 5.26 Å². The van der Waals surface area contributed by atoms with E-state index in [0.29, 0.717) is 16.1 Å². The second-order valence-electron chi connectivity index (χ2n) is 3.81. The van der Waals surface area contributed by atoms with Crippen LogP contribution in [0.3, 0.4) is 0 Å². The van der Waals surface area contributed by atoms with Crippen LogP contribution in [0.2, 0.25) is 5.02 Å². The third-order valence-electron chi connectivity index (χ3n) is 2.49. The van der Waals surface area contributed by atoms with Crippen molar-refractivity contribution in [2.75, 3.05) is 0 Å². The second kappa shape index (κ2) is 5.16. The molecule has 0 heterocycles. The molecule has 0 aliphatic rings. The molecule has 4 heteroatoms. The van der Waals surface area contributed by atoms with E-state index in [0.717, 1.165) is 17.7 Å². The molecular weight excluding hydrogens is 256 g/mol. The molecule has 0 saturated heterocycles. The lowest BCUT2D eigenvalue weighted by Crippen LogP contribution is -1.88. The lowest BCUT2D eigenvalue weighted by molar-refractivity contribution is 0.509. The lowest BCUT2D eigenvalue weighted by Gasteiger charge is -2.05. The Bertz CT molecular complexity index is 632. The van der Waals surface area contributed by atoms with Crippen LogP contribution in [0, 0.1) is 23.0 Å². The maximum absolute atomic E-state index is 13.2. The fourth-order valence-corrected chi connectivity index (χ4v) is 1.94. The van der Waals surface area contributed by atoms with Crippen LogP contribution in [0.1, 0.15) is 5.56 Å². The van der Waals surface area contributed by atoms with Crippen LogP contribution < -0.4 is 0 Å². The Morgan fingerprint density at radius 3 is 2.44 bits per heavy atom. The normalized spacial score (nSPS) is 10.1. The van der Waals surface area contributed by atoms with Gasteiger partial charge in [0.25, 0.3) is 0 Å². The summed E-state index contributed by atoms with van der Waals surface area (Å²) in [4.78, 5) is 0.